The van der Waals surface area contributed by atoms with E-state index in [-0.39, 0.29) is 17.6 Å². The molecule has 0 aliphatic carbocycles. The van der Waals surface area contributed by atoms with E-state index in [2.05, 4.69) is 19.8 Å². The second-order valence-corrected chi connectivity index (χ2v) is 7.76. The lowest BCUT2D eigenvalue weighted by atomic mass is 10.00. The lowest BCUT2D eigenvalue weighted by molar-refractivity contribution is -0.159. The molecule has 0 fully saturated rings. The van der Waals surface area contributed by atoms with Gasteiger partial charge in [0, 0.05) is 17.5 Å². The van der Waals surface area contributed by atoms with Crippen LogP contribution >= 0.6 is 11.3 Å². The van der Waals surface area contributed by atoms with E-state index in [0.29, 0.717) is 22.8 Å². The summed E-state index contributed by atoms with van der Waals surface area (Å²) >= 11 is 1.25. The summed E-state index contributed by atoms with van der Waals surface area (Å²) in [7, 11) is 0. The lowest BCUT2D eigenvalue weighted by Crippen LogP contribution is -2.06. The summed E-state index contributed by atoms with van der Waals surface area (Å²) in [5.41, 5.74) is 0.553. The van der Waals surface area contributed by atoms with Crippen molar-refractivity contribution in [3.8, 4) is 10.7 Å². The minimum atomic E-state index is -4.67. The Morgan fingerprint density at radius 3 is 2.71 bits per heavy atom. The molecule has 0 amide bonds. The summed E-state index contributed by atoms with van der Waals surface area (Å²) in [5, 5.41) is 7.67. The molecule has 150 valence electrons. The number of hydrogen-bond acceptors (Lipinski definition) is 6. The van der Waals surface area contributed by atoms with Gasteiger partial charge in [-0.1, -0.05) is 25.4 Å². The van der Waals surface area contributed by atoms with E-state index in [0.717, 1.165) is 11.3 Å². The molecule has 0 saturated heterocycles. The van der Waals surface area contributed by atoms with Gasteiger partial charge in [0.25, 0.3) is 0 Å². The molecule has 0 aliphatic heterocycles. The first-order chi connectivity index (χ1) is 13.2. The average molecular weight is 412 g/mol. The predicted molar refractivity (Wildman–Crippen MR) is 97.1 cm³/mol. The minimum Gasteiger partial charge on any atom is -0.329 e. The van der Waals surface area contributed by atoms with Gasteiger partial charge in [-0.3, -0.25) is 9.48 Å². The summed E-state index contributed by atoms with van der Waals surface area (Å²) < 4.78 is 43.8. The number of aromatic nitrogens is 4. The zero-order valence-electron chi connectivity index (χ0n) is 15.5. The van der Waals surface area contributed by atoms with Crippen LogP contribution in [0.15, 0.2) is 29.0 Å². The number of alkyl halides is 3. The van der Waals surface area contributed by atoms with Crippen molar-refractivity contribution in [1.29, 1.82) is 0 Å². The standard InChI is InChI=1S/C18H19F3N4O2S/c1-4-10(2)7-13(26)12-8-22-25(9-12)11(3)14-5-6-15(28-14)16-23-17(27-24-16)18(19,20)21/h5-6,8-11H,4,7H2,1-3H3. The van der Waals surface area contributed by atoms with Crippen molar-refractivity contribution in [2.45, 2.75) is 45.8 Å². The quantitative estimate of drug-likeness (QED) is 0.496. The highest BCUT2D eigenvalue weighted by molar-refractivity contribution is 7.15. The maximum absolute atomic E-state index is 12.6. The molecule has 0 bridgehead atoms. The van der Waals surface area contributed by atoms with E-state index in [1.807, 2.05) is 20.8 Å². The van der Waals surface area contributed by atoms with Crippen molar-refractivity contribution in [2.75, 3.05) is 0 Å². The molecule has 28 heavy (non-hydrogen) atoms. The number of halogens is 3. The molecular weight excluding hydrogens is 393 g/mol. The number of thiophene rings is 1. The van der Waals surface area contributed by atoms with Crippen LogP contribution in [0.2, 0.25) is 0 Å². The third-order valence-electron chi connectivity index (χ3n) is 4.48. The highest BCUT2D eigenvalue weighted by Crippen LogP contribution is 2.34. The first-order valence-corrected chi connectivity index (χ1v) is 9.59. The second kappa shape index (κ2) is 7.86. The second-order valence-electron chi connectivity index (χ2n) is 6.65. The predicted octanol–water partition coefficient (Wildman–Crippen LogP) is 5.24. The minimum absolute atomic E-state index is 0.0474. The average Bonchev–Trinajstić information content (AvgIpc) is 3.39. The molecule has 0 aliphatic rings. The molecule has 6 nitrogen and oxygen atoms in total. The van der Waals surface area contributed by atoms with Gasteiger partial charge in [-0.2, -0.15) is 23.3 Å². The third kappa shape index (κ3) is 4.32. The Morgan fingerprint density at radius 2 is 2.07 bits per heavy atom. The first kappa shape index (κ1) is 20.2. The molecule has 0 N–H and O–H groups in total. The van der Waals surface area contributed by atoms with E-state index in [9.17, 15) is 18.0 Å². The normalized spacial score (nSPS) is 14.2. The summed E-state index contributed by atoms with van der Waals surface area (Å²) in [4.78, 5) is 17.0. The lowest BCUT2D eigenvalue weighted by Gasteiger charge is -2.09. The molecule has 10 heteroatoms. The molecule has 0 radical (unpaired) electrons. The van der Waals surface area contributed by atoms with Crippen LogP contribution in [0.1, 0.15) is 60.8 Å². The van der Waals surface area contributed by atoms with Crippen LogP contribution in [0.4, 0.5) is 13.2 Å². The monoisotopic (exact) mass is 412 g/mol. The van der Waals surface area contributed by atoms with Crippen molar-refractivity contribution in [3.05, 3.63) is 40.9 Å². The number of nitrogens with zero attached hydrogens (tertiary/aromatic N) is 4. The highest BCUT2D eigenvalue weighted by atomic mass is 32.1. The number of carbonyl (C=O) groups is 1. The van der Waals surface area contributed by atoms with Crippen molar-refractivity contribution in [2.24, 2.45) is 5.92 Å². The van der Waals surface area contributed by atoms with Gasteiger partial charge < -0.3 is 4.52 Å². The molecule has 3 rings (SSSR count). The Bertz CT molecular complexity index is 960. The molecule has 0 saturated carbocycles. The fourth-order valence-electron chi connectivity index (χ4n) is 2.54. The fraction of sp³-hybridized carbons (Fsp3) is 0.444. The Kier molecular flexibility index (Phi) is 5.69. The van der Waals surface area contributed by atoms with E-state index < -0.39 is 12.1 Å². The third-order valence-corrected chi connectivity index (χ3v) is 5.73. The zero-order chi connectivity index (χ0) is 20.5. The molecule has 3 aromatic rings. The molecule has 2 atom stereocenters. The maximum atomic E-state index is 12.6. The van der Waals surface area contributed by atoms with E-state index in [1.54, 1.807) is 29.2 Å². The summed E-state index contributed by atoms with van der Waals surface area (Å²) in [5.74, 6) is -1.13. The SMILES string of the molecule is CCC(C)CC(=O)c1cnn(C(C)c2ccc(-c3noc(C(F)(F)F)n3)s2)c1. The van der Waals surface area contributed by atoms with Gasteiger partial charge in [0.1, 0.15) is 0 Å². The fourth-order valence-corrected chi connectivity index (χ4v) is 3.52. The van der Waals surface area contributed by atoms with Gasteiger partial charge in [0.05, 0.1) is 22.7 Å². The number of ketones is 1. The Morgan fingerprint density at radius 1 is 1.32 bits per heavy atom. The van der Waals surface area contributed by atoms with Crippen LogP contribution in [0.5, 0.6) is 0 Å². The van der Waals surface area contributed by atoms with Crippen LogP contribution < -0.4 is 0 Å². The number of carbonyl (C=O) groups excluding carboxylic acids is 1. The topological polar surface area (TPSA) is 73.8 Å². The van der Waals surface area contributed by atoms with Crippen LogP contribution in [-0.2, 0) is 6.18 Å². The number of Topliss-reactive ketones (excluding diaryl/α,β-unsaturated/α-hetero) is 1. The smallest absolute Gasteiger partial charge is 0.329 e. The van der Waals surface area contributed by atoms with Crippen molar-refractivity contribution >= 4 is 17.1 Å². The number of rotatable bonds is 7. The molecule has 3 heterocycles. The highest BCUT2D eigenvalue weighted by Gasteiger charge is 2.38. The van der Waals surface area contributed by atoms with Crippen molar-refractivity contribution in [1.82, 2.24) is 19.9 Å². The summed E-state index contributed by atoms with van der Waals surface area (Å²) in [6.07, 6.45) is -0.0270. The first-order valence-electron chi connectivity index (χ1n) is 8.77. The Balaban J connectivity index is 1.75. The van der Waals surface area contributed by atoms with Gasteiger partial charge >= 0.3 is 12.1 Å². The maximum Gasteiger partial charge on any atom is 0.471 e. The van der Waals surface area contributed by atoms with Gasteiger partial charge in [-0.25, -0.2) is 0 Å². The van der Waals surface area contributed by atoms with Crippen LogP contribution in [0.25, 0.3) is 10.7 Å². The summed E-state index contributed by atoms with van der Waals surface area (Å²) in [6.45, 7) is 5.96. The van der Waals surface area contributed by atoms with E-state index in [1.165, 1.54) is 11.3 Å². The zero-order valence-corrected chi connectivity index (χ0v) is 16.3. The van der Waals surface area contributed by atoms with E-state index >= 15 is 0 Å². The summed E-state index contributed by atoms with van der Waals surface area (Å²) in [6, 6.07) is 3.22. The van der Waals surface area contributed by atoms with Crippen LogP contribution in [0, 0.1) is 5.92 Å². The van der Waals surface area contributed by atoms with Gasteiger partial charge in [-0.15, -0.1) is 11.3 Å². The Labute approximate surface area is 163 Å². The van der Waals surface area contributed by atoms with Crippen molar-refractivity contribution < 1.29 is 22.5 Å². The van der Waals surface area contributed by atoms with Crippen LogP contribution in [-0.4, -0.2) is 25.7 Å². The number of hydrogen-bond donors (Lipinski definition) is 0. The Hall–Kier alpha value is -2.49. The van der Waals surface area contributed by atoms with Gasteiger partial charge in [-0.05, 0) is 25.0 Å². The van der Waals surface area contributed by atoms with Crippen molar-refractivity contribution in [3.63, 3.8) is 0 Å². The largest absolute Gasteiger partial charge is 0.471 e. The molecule has 3 aromatic heterocycles. The molecule has 2 unspecified atom stereocenters. The molecule has 0 spiro atoms. The van der Waals surface area contributed by atoms with Gasteiger partial charge in [0.2, 0.25) is 5.82 Å². The van der Waals surface area contributed by atoms with Gasteiger partial charge in [0.15, 0.2) is 5.78 Å². The van der Waals surface area contributed by atoms with Crippen LogP contribution in [0.3, 0.4) is 0 Å². The molecule has 0 aromatic carbocycles. The van der Waals surface area contributed by atoms with E-state index in [4.69, 9.17) is 0 Å². The molecular formula is C18H19F3N4O2S.